The lowest BCUT2D eigenvalue weighted by Crippen LogP contribution is -2.13. The second kappa shape index (κ2) is 10.5. The van der Waals surface area contributed by atoms with E-state index in [1.54, 1.807) is 36.4 Å². The van der Waals surface area contributed by atoms with E-state index in [0.717, 1.165) is 0 Å². The summed E-state index contributed by atoms with van der Waals surface area (Å²) in [5.41, 5.74) is 1.05. The fourth-order valence-electron chi connectivity index (χ4n) is 2.23. The lowest BCUT2D eigenvalue weighted by molar-refractivity contribution is -0.112. The molecule has 0 saturated heterocycles. The van der Waals surface area contributed by atoms with Gasteiger partial charge in [-0.3, -0.25) is 4.79 Å². The number of hydrogen-bond donors (Lipinski definition) is 1. The number of carbonyl (C=O) groups excluding carboxylic acids is 1. The molecular formula is C20H15ClIN3O3. The van der Waals surface area contributed by atoms with Gasteiger partial charge in [0.25, 0.3) is 5.91 Å². The molecule has 0 aromatic heterocycles. The summed E-state index contributed by atoms with van der Waals surface area (Å²) in [5.74, 6) is 0.346. The molecule has 0 bridgehead atoms. The van der Waals surface area contributed by atoms with E-state index in [1.807, 2.05) is 41.7 Å². The molecule has 0 unspecified atom stereocenters. The Kier molecular flexibility index (Phi) is 8.12. The second-order valence-corrected chi connectivity index (χ2v) is 6.94. The molecule has 0 aliphatic carbocycles. The van der Waals surface area contributed by atoms with E-state index >= 15 is 0 Å². The third-order valence-corrected chi connectivity index (χ3v) is 4.44. The maximum Gasteiger partial charge on any atom is 0.266 e. The molecule has 0 aliphatic rings. The summed E-state index contributed by atoms with van der Waals surface area (Å²) >= 11 is 7.88. The van der Waals surface area contributed by atoms with Crippen LogP contribution in [0.5, 0.6) is 11.5 Å². The third kappa shape index (κ3) is 5.88. The number of halogens is 2. The van der Waals surface area contributed by atoms with E-state index in [-0.39, 0.29) is 12.2 Å². The molecule has 0 aliphatic heterocycles. The maximum absolute atomic E-state index is 12.4. The van der Waals surface area contributed by atoms with E-state index in [9.17, 15) is 10.1 Å². The smallest absolute Gasteiger partial charge is 0.266 e. The first-order valence-electron chi connectivity index (χ1n) is 8.13. The number of nitrogens with one attached hydrogen (secondary N) is 1. The number of carbonyl (C=O) groups is 1. The number of anilines is 1. The van der Waals surface area contributed by atoms with Crippen LogP contribution in [0.15, 0.2) is 42.0 Å². The Balaban J connectivity index is 2.32. The van der Waals surface area contributed by atoms with Gasteiger partial charge in [-0.1, -0.05) is 11.6 Å². The van der Waals surface area contributed by atoms with Crippen LogP contribution in [0, 0.1) is 26.2 Å². The predicted molar refractivity (Wildman–Crippen MR) is 115 cm³/mol. The molecule has 6 nitrogen and oxygen atoms in total. The van der Waals surface area contributed by atoms with Crippen molar-refractivity contribution in [3.8, 4) is 23.6 Å². The van der Waals surface area contributed by atoms with Gasteiger partial charge in [0.1, 0.15) is 17.7 Å². The van der Waals surface area contributed by atoms with E-state index in [2.05, 4.69) is 5.32 Å². The van der Waals surface area contributed by atoms with Crippen LogP contribution in [0.4, 0.5) is 5.69 Å². The maximum atomic E-state index is 12.4. The highest BCUT2D eigenvalue weighted by atomic mass is 127. The SMILES string of the molecule is CCOc1cc(/C=C(\C#N)C(=O)Nc2ccc(Cl)cc2)cc(I)c1OCC#N. The van der Waals surface area contributed by atoms with Gasteiger partial charge in [-0.25, -0.2) is 0 Å². The first-order chi connectivity index (χ1) is 13.5. The van der Waals surface area contributed by atoms with Gasteiger partial charge < -0.3 is 14.8 Å². The number of nitrogens with zero attached hydrogens (tertiary/aromatic N) is 2. The van der Waals surface area contributed by atoms with Gasteiger partial charge in [-0.15, -0.1) is 0 Å². The zero-order chi connectivity index (χ0) is 20.5. The Morgan fingerprint density at radius 1 is 1.25 bits per heavy atom. The van der Waals surface area contributed by atoms with Gasteiger partial charge in [-0.2, -0.15) is 10.5 Å². The predicted octanol–water partition coefficient (Wildman–Crippen LogP) is 4.79. The molecule has 0 saturated carbocycles. The number of ether oxygens (including phenoxy) is 2. The van der Waals surface area contributed by atoms with E-state index in [1.165, 1.54) is 6.08 Å². The molecule has 0 spiro atoms. The van der Waals surface area contributed by atoms with Crippen molar-refractivity contribution in [1.82, 2.24) is 0 Å². The molecule has 0 fully saturated rings. The fraction of sp³-hybridized carbons (Fsp3) is 0.150. The van der Waals surface area contributed by atoms with E-state index in [0.29, 0.717) is 37.9 Å². The lowest BCUT2D eigenvalue weighted by Gasteiger charge is -2.13. The second-order valence-electron chi connectivity index (χ2n) is 5.34. The van der Waals surface area contributed by atoms with Crippen LogP contribution in [0.3, 0.4) is 0 Å². The van der Waals surface area contributed by atoms with Gasteiger partial charge in [-0.05, 0) is 77.6 Å². The average molecular weight is 508 g/mol. The van der Waals surface area contributed by atoms with Gasteiger partial charge >= 0.3 is 0 Å². The van der Waals surface area contributed by atoms with Gasteiger partial charge in [0.05, 0.1) is 10.2 Å². The summed E-state index contributed by atoms with van der Waals surface area (Å²) in [6.45, 7) is 2.11. The third-order valence-electron chi connectivity index (χ3n) is 3.39. The minimum atomic E-state index is -0.539. The van der Waals surface area contributed by atoms with Crippen molar-refractivity contribution in [2.45, 2.75) is 6.92 Å². The Hall–Kier alpha value is -2.75. The number of amides is 1. The number of hydrogen-bond acceptors (Lipinski definition) is 5. The molecule has 28 heavy (non-hydrogen) atoms. The van der Waals surface area contributed by atoms with Crippen molar-refractivity contribution < 1.29 is 14.3 Å². The van der Waals surface area contributed by atoms with Crippen LogP contribution < -0.4 is 14.8 Å². The normalized spacial score (nSPS) is 10.5. The summed E-state index contributed by atoms with van der Waals surface area (Å²) in [5, 5.41) is 21.3. The average Bonchev–Trinajstić information content (AvgIpc) is 2.67. The summed E-state index contributed by atoms with van der Waals surface area (Å²) in [6, 6.07) is 13.8. The van der Waals surface area contributed by atoms with Crippen LogP contribution in [0.25, 0.3) is 6.08 Å². The zero-order valence-electron chi connectivity index (χ0n) is 14.8. The summed E-state index contributed by atoms with van der Waals surface area (Å²) < 4.78 is 11.7. The van der Waals surface area contributed by atoms with Crippen molar-refractivity contribution in [2.75, 3.05) is 18.5 Å². The van der Waals surface area contributed by atoms with Crippen LogP contribution in [-0.4, -0.2) is 19.1 Å². The number of nitriles is 2. The Morgan fingerprint density at radius 2 is 1.96 bits per heavy atom. The molecule has 8 heteroatoms. The highest BCUT2D eigenvalue weighted by Crippen LogP contribution is 2.35. The van der Waals surface area contributed by atoms with Crippen LogP contribution in [-0.2, 0) is 4.79 Å². The highest BCUT2D eigenvalue weighted by molar-refractivity contribution is 14.1. The minimum Gasteiger partial charge on any atom is -0.490 e. The minimum absolute atomic E-state index is 0.0705. The molecular weight excluding hydrogens is 493 g/mol. The molecule has 0 heterocycles. The molecule has 0 atom stereocenters. The molecule has 2 rings (SSSR count). The number of benzene rings is 2. The van der Waals surface area contributed by atoms with Crippen LogP contribution in [0.1, 0.15) is 12.5 Å². The monoisotopic (exact) mass is 507 g/mol. The number of rotatable bonds is 7. The van der Waals surface area contributed by atoms with Crippen LogP contribution >= 0.6 is 34.2 Å². The van der Waals surface area contributed by atoms with E-state index < -0.39 is 5.91 Å². The largest absolute Gasteiger partial charge is 0.490 e. The summed E-state index contributed by atoms with van der Waals surface area (Å²) in [6.07, 6.45) is 1.46. The van der Waals surface area contributed by atoms with Crippen molar-refractivity contribution in [3.63, 3.8) is 0 Å². The first-order valence-corrected chi connectivity index (χ1v) is 9.59. The Morgan fingerprint density at radius 3 is 2.57 bits per heavy atom. The van der Waals surface area contributed by atoms with Crippen LogP contribution in [0.2, 0.25) is 5.02 Å². The summed E-state index contributed by atoms with van der Waals surface area (Å²) in [7, 11) is 0. The lowest BCUT2D eigenvalue weighted by atomic mass is 10.1. The Bertz CT molecular complexity index is 976. The van der Waals surface area contributed by atoms with Gasteiger partial charge in [0.2, 0.25) is 0 Å². The molecule has 0 radical (unpaired) electrons. The van der Waals surface area contributed by atoms with Crippen molar-refractivity contribution >= 4 is 51.9 Å². The highest BCUT2D eigenvalue weighted by Gasteiger charge is 2.14. The zero-order valence-corrected chi connectivity index (χ0v) is 17.7. The fourth-order valence-corrected chi connectivity index (χ4v) is 3.13. The van der Waals surface area contributed by atoms with E-state index in [4.69, 9.17) is 26.3 Å². The molecule has 1 N–H and O–H groups in total. The molecule has 2 aromatic carbocycles. The quantitative estimate of drug-likeness (QED) is 0.330. The van der Waals surface area contributed by atoms with Crippen molar-refractivity contribution in [2.24, 2.45) is 0 Å². The summed E-state index contributed by atoms with van der Waals surface area (Å²) in [4.78, 5) is 12.4. The molecule has 2 aromatic rings. The van der Waals surface area contributed by atoms with Crippen molar-refractivity contribution in [1.29, 1.82) is 10.5 Å². The topological polar surface area (TPSA) is 95.1 Å². The first kappa shape index (κ1) is 21.5. The molecule has 142 valence electrons. The van der Waals surface area contributed by atoms with Crippen molar-refractivity contribution in [3.05, 3.63) is 56.1 Å². The van der Waals surface area contributed by atoms with Gasteiger partial charge in [0.15, 0.2) is 18.1 Å². The molecule has 1 amide bonds. The standard InChI is InChI=1S/C20H15ClIN3O3/c1-2-27-18-11-13(10-17(22)19(18)28-8-7-23)9-14(12-24)20(26)25-16-5-3-15(21)4-6-16/h3-6,9-11H,2,8H2,1H3,(H,25,26)/b14-9+. The van der Waals surface area contributed by atoms with Gasteiger partial charge in [0, 0.05) is 10.7 Å². The Labute approximate surface area is 181 Å².